The fourth-order valence-electron chi connectivity index (χ4n) is 2.32. The molecule has 1 fully saturated rings. The lowest BCUT2D eigenvalue weighted by Gasteiger charge is -2.16. The third kappa shape index (κ3) is 2.84. The van der Waals surface area contributed by atoms with Crippen molar-refractivity contribution < 1.29 is 5.11 Å². The predicted octanol–water partition coefficient (Wildman–Crippen LogP) is 2.51. The normalized spacial score (nSPS) is 23.8. The molecule has 2 nitrogen and oxygen atoms in total. The lowest BCUT2D eigenvalue weighted by atomic mass is 10.0. The Morgan fingerprint density at radius 2 is 2.25 bits per heavy atom. The van der Waals surface area contributed by atoms with Gasteiger partial charge in [0, 0.05) is 22.8 Å². The van der Waals surface area contributed by atoms with Gasteiger partial charge >= 0.3 is 0 Å². The number of aliphatic hydroxyl groups excluding tert-OH is 1. The first-order chi connectivity index (χ1) is 7.69. The molecule has 2 unspecified atom stereocenters. The van der Waals surface area contributed by atoms with Gasteiger partial charge in [-0.25, -0.2) is 0 Å². The summed E-state index contributed by atoms with van der Waals surface area (Å²) < 4.78 is 0. The van der Waals surface area contributed by atoms with Crippen LogP contribution in [0.3, 0.4) is 0 Å². The highest BCUT2D eigenvalue weighted by molar-refractivity contribution is 7.11. The standard InChI is InChI=1S/C13H21NOS/c1-3-12-4-5-13(16-12)9-14-7-6-11(8-14)10(2)15/h4-5,10-11,15H,3,6-9H2,1-2H3. The average Bonchev–Trinajstić information content (AvgIpc) is 2.87. The van der Waals surface area contributed by atoms with E-state index in [1.807, 2.05) is 18.3 Å². The van der Waals surface area contributed by atoms with Crippen molar-refractivity contribution in [2.45, 2.75) is 39.3 Å². The Hall–Kier alpha value is -0.380. The highest BCUT2D eigenvalue weighted by Crippen LogP contribution is 2.24. The number of rotatable bonds is 4. The van der Waals surface area contributed by atoms with Gasteiger partial charge in [-0.2, -0.15) is 0 Å². The second kappa shape index (κ2) is 5.30. The Kier molecular flexibility index (Phi) is 4.00. The molecule has 2 heterocycles. The maximum Gasteiger partial charge on any atom is 0.0552 e. The molecule has 90 valence electrons. The van der Waals surface area contributed by atoms with Crippen molar-refractivity contribution >= 4 is 11.3 Å². The first kappa shape index (κ1) is 12.1. The second-order valence-electron chi connectivity index (χ2n) is 4.75. The minimum atomic E-state index is -0.153. The predicted molar refractivity (Wildman–Crippen MR) is 68.8 cm³/mol. The summed E-state index contributed by atoms with van der Waals surface area (Å²) in [7, 11) is 0. The van der Waals surface area contributed by atoms with Crippen LogP contribution in [0, 0.1) is 5.92 Å². The Morgan fingerprint density at radius 1 is 1.50 bits per heavy atom. The van der Waals surface area contributed by atoms with Gasteiger partial charge < -0.3 is 5.11 Å². The molecule has 0 aromatic carbocycles. The van der Waals surface area contributed by atoms with E-state index in [-0.39, 0.29) is 6.10 Å². The van der Waals surface area contributed by atoms with E-state index in [2.05, 4.69) is 24.0 Å². The van der Waals surface area contributed by atoms with Crippen LogP contribution in [0.1, 0.15) is 30.0 Å². The van der Waals surface area contributed by atoms with E-state index >= 15 is 0 Å². The molecule has 3 heteroatoms. The number of thiophene rings is 1. The second-order valence-corrected chi connectivity index (χ2v) is 6.00. The SMILES string of the molecule is CCc1ccc(CN2CCC(C(C)O)C2)s1. The summed E-state index contributed by atoms with van der Waals surface area (Å²) in [6, 6.07) is 4.49. The number of likely N-dealkylation sites (tertiary alicyclic amines) is 1. The van der Waals surface area contributed by atoms with E-state index in [1.165, 1.54) is 9.75 Å². The van der Waals surface area contributed by atoms with Crippen LogP contribution in [0.2, 0.25) is 0 Å². The minimum absolute atomic E-state index is 0.153. The van der Waals surface area contributed by atoms with Gasteiger partial charge in [0.15, 0.2) is 0 Å². The van der Waals surface area contributed by atoms with Crippen molar-refractivity contribution in [3.8, 4) is 0 Å². The van der Waals surface area contributed by atoms with Crippen LogP contribution in [-0.4, -0.2) is 29.2 Å². The van der Waals surface area contributed by atoms with Crippen LogP contribution in [0.15, 0.2) is 12.1 Å². The van der Waals surface area contributed by atoms with Crippen LogP contribution in [-0.2, 0) is 13.0 Å². The molecule has 1 aromatic heterocycles. The third-order valence-corrected chi connectivity index (χ3v) is 4.65. The summed E-state index contributed by atoms with van der Waals surface area (Å²) in [4.78, 5) is 5.40. The van der Waals surface area contributed by atoms with Gasteiger partial charge in [0.25, 0.3) is 0 Å². The van der Waals surface area contributed by atoms with Gasteiger partial charge in [0.1, 0.15) is 0 Å². The number of aryl methyl sites for hydroxylation is 1. The number of aliphatic hydroxyl groups is 1. The zero-order valence-corrected chi connectivity index (χ0v) is 11.0. The van der Waals surface area contributed by atoms with Crippen LogP contribution < -0.4 is 0 Å². The monoisotopic (exact) mass is 239 g/mol. The maximum atomic E-state index is 9.55. The topological polar surface area (TPSA) is 23.5 Å². The summed E-state index contributed by atoms with van der Waals surface area (Å²) in [6.07, 6.45) is 2.13. The van der Waals surface area contributed by atoms with E-state index in [1.54, 1.807) is 0 Å². The molecule has 0 radical (unpaired) electrons. The van der Waals surface area contributed by atoms with E-state index in [0.717, 1.165) is 32.5 Å². The van der Waals surface area contributed by atoms with Crippen LogP contribution in [0.4, 0.5) is 0 Å². The summed E-state index contributed by atoms with van der Waals surface area (Å²) in [5.41, 5.74) is 0. The van der Waals surface area contributed by atoms with Gasteiger partial charge in [0.05, 0.1) is 6.10 Å². The molecule has 1 N–H and O–H groups in total. The fraction of sp³-hybridized carbons (Fsp3) is 0.692. The molecular formula is C13H21NOS. The smallest absolute Gasteiger partial charge is 0.0552 e. The zero-order valence-electron chi connectivity index (χ0n) is 10.1. The highest BCUT2D eigenvalue weighted by Gasteiger charge is 2.25. The van der Waals surface area contributed by atoms with Gasteiger partial charge in [-0.05, 0) is 44.4 Å². The van der Waals surface area contributed by atoms with Crippen molar-refractivity contribution in [1.82, 2.24) is 4.90 Å². The summed E-state index contributed by atoms with van der Waals surface area (Å²) in [5.74, 6) is 0.477. The lowest BCUT2D eigenvalue weighted by Crippen LogP contribution is -2.23. The minimum Gasteiger partial charge on any atom is -0.393 e. The molecule has 0 amide bonds. The van der Waals surface area contributed by atoms with E-state index in [9.17, 15) is 5.11 Å². The molecule has 1 aromatic rings. The van der Waals surface area contributed by atoms with Gasteiger partial charge in [-0.1, -0.05) is 6.92 Å². The van der Waals surface area contributed by atoms with Crippen LogP contribution in [0.5, 0.6) is 0 Å². The van der Waals surface area contributed by atoms with Gasteiger partial charge in [-0.3, -0.25) is 4.90 Å². The molecule has 0 saturated carbocycles. The Morgan fingerprint density at radius 3 is 2.81 bits per heavy atom. The van der Waals surface area contributed by atoms with Gasteiger partial charge in [-0.15, -0.1) is 11.3 Å². The maximum absolute atomic E-state index is 9.55. The number of hydrogen-bond acceptors (Lipinski definition) is 3. The molecule has 0 aliphatic carbocycles. The van der Waals surface area contributed by atoms with E-state index in [0.29, 0.717) is 5.92 Å². The quantitative estimate of drug-likeness (QED) is 0.872. The largest absolute Gasteiger partial charge is 0.393 e. The molecule has 1 aliphatic heterocycles. The lowest BCUT2D eigenvalue weighted by molar-refractivity contribution is 0.127. The average molecular weight is 239 g/mol. The van der Waals surface area contributed by atoms with Crippen LogP contribution in [0.25, 0.3) is 0 Å². The van der Waals surface area contributed by atoms with Crippen molar-refractivity contribution in [3.05, 3.63) is 21.9 Å². The fourth-order valence-corrected chi connectivity index (χ4v) is 3.32. The Bertz CT molecular complexity index is 334. The molecule has 16 heavy (non-hydrogen) atoms. The number of hydrogen-bond donors (Lipinski definition) is 1. The molecule has 0 bridgehead atoms. The summed E-state index contributed by atoms with van der Waals surface area (Å²) >= 11 is 1.93. The number of nitrogens with zero attached hydrogens (tertiary/aromatic N) is 1. The van der Waals surface area contributed by atoms with E-state index in [4.69, 9.17) is 0 Å². The third-order valence-electron chi connectivity index (χ3n) is 3.44. The Labute approximate surface area is 102 Å². The first-order valence-corrected chi connectivity index (χ1v) is 6.98. The molecule has 2 rings (SSSR count). The van der Waals surface area contributed by atoms with E-state index < -0.39 is 0 Å². The van der Waals surface area contributed by atoms with Gasteiger partial charge in [0.2, 0.25) is 0 Å². The molecule has 2 atom stereocenters. The summed E-state index contributed by atoms with van der Waals surface area (Å²) in [6.45, 7) is 7.36. The van der Waals surface area contributed by atoms with Crippen molar-refractivity contribution in [2.24, 2.45) is 5.92 Å². The van der Waals surface area contributed by atoms with Crippen molar-refractivity contribution in [1.29, 1.82) is 0 Å². The summed E-state index contributed by atoms with van der Waals surface area (Å²) in [5, 5.41) is 9.55. The molecule has 0 spiro atoms. The molecule has 1 saturated heterocycles. The zero-order chi connectivity index (χ0) is 11.5. The van der Waals surface area contributed by atoms with Crippen molar-refractivity contribution in [2.75, 3.05) is 13.1 Å². The Balaban J connectivity index is 1.87. The van der Waals surface area contributed by atoms with Crippen molar-refractivity contribution in [3.63, 3.8) is 0 Å². The highest BCUT2D eigenvalue weighted by atomic mass is 32.1. The molecular weight excluding hydrogens is 218 g/mol. The molecule has 1 aliphatic rings. The first-order valence-electron chi connectivity index (χ1n) is 6.17. The van der Waals surface area contributed by atoms with Crippen LogP contribution >= 0.6 is 11.3 Å².